The molecular formula is C23H21ClN6O4. The summed E-state index contributed by atoms with van der Waals surface area (Å²) in [7, 11) is 1.48. The second kappa shape index (κ2) is 9.44. The summed E-state index contributed by atoms with van der Waals surface area (Å²) in [5.74, 6) is -2.23. The zero-order chi connectivity index (χ0) is 24.4. The van der Waals surface area contributed by atoms with Gasteiger partial charge >= 0.3 is 0 Å². The summed E-state index contributed by atoms with van der Waals surface area (Å²) in [5.41, 5.74) is 1.19. The molecule has 0 aliphatic heterocycles. The summed E-state index contributed by atoms with van der Waals surface area (Å²) in [5, 5.41) is 16.9. The first-order valence-electron chi connectivity index (χ1n) is 10.3. The maximum absolute atomic E-state index is 12.8. The average Bonchev–Trinajstić information content (AvgIpc) is 3.33. The fraction of sp³-hybridized carbons (Fsp3) is 0.217. The summed E-state index contributed by atoms with van der Waals surface area (Å²) in [6.45, 7) is 3.67. The Hall–Kier alpha value is -4.05. The number of nitrogens with one attached hydrogen (secondary N) is 1. The summed E-state index contributed by atoms with van der Waals surface area (Å²) in [4.78, 5) is 38.9. The van der Waals surface area contributed by atoms with E-state index in [0.29, 0.717) is 10.7 Å². The number of aromatic hydroxyl groups is 1. The highest BCUT2D eigenvalue weighted by Gasteiger charge is 2.31. The number of halogens is 1. The average molecular weight is 481 g/mol. The van der Waals surface area contributed by atoms with Gasteiger partial charge in [-0.25, -0.2) is 4.98 Å². The molecule has 0 saturated heterocycles. The number of aromatic nitrogens is 5. The first-order valence-corrected chi connectivity index (χ1v) is 10.7. The second-order valence-corrected chi connectivity index (χ2v) is 8.18. The van der Waals surface area contributed by atoms with Crippen molar-refractivity contribution in [3.63, 3.8) is 0 Å². The van der Waals surface area contributed by atoms with Crippen LogP contribution in [0.25, 0.3) is 0 Å². The van der Waals surface area contributed by atoms with Gasteiger partial charge in [0.05, 0.1) is 17.6 Å². The van der Waals surface area contributed by atoms with Crippen LogP contribution in [-0.2, 0) is 7.05 Å². The number of nitrogens with zero attached hydrogens (tertiary/aromatic N) is 5. The first kappa shape index (κ1) is 23.1. The smallest absolute Gasteiger partial charge is 0.296 e. The van der Waals surface area contributed by atoms with Crippen molar-refractivity contribution in [2.24, 2.45) is 7.05 Å². The number of rotatable bonds is 6. The van der Waals surface area contributed by atoms with Crippen molar-refractivity contribution in [1.82, 2.24) is 24.7 Å². The SMILES string of the molecule is Cc1cnc([C@H](c2ccccc2Cl)[C@H](C)c2nc(C(=O)Nc3cnoc3)c(O)c(=O)n2C)cn1. The van der Waals surface area contributed by atoms with Crippen LogP contribution in [0.4, 0.5) is 5.69 Å². The minimum atomic E-state index is -0.781. The molecule has 4 aromatic rings. The van der Waals surface area contributed by atoms with Crippen LogP contribution >= 0.6 is 11.6 Å². The van der Waals surface area contributed by atoms with Gasteiger partial charge in [0.1, 0.15) is 17.8 Å². The minimum absolute atomic E-state index is 0.255. The highest BCUT2D eigenvalue weighted by molar-refractivity contribution is 6.31. The number of carbonyl (C=O) groups excluding carboxylic acids is 1. The summed E-state index contributed by atoms with van der Waals surface area (Å²) < 4.78 is 5.91. The number of carbonyl (C=O) groups is 1. The molecule has 174 valence electrons. The molecule has 1 aromatic carbocycles. The van der Waals surface area contributed by atoms with Gasteiger partial charge < -0.3 is 14.9 Å². The monoisotopic (exact) mass is 480 g/mol. The van der Waals surface area contributed by atoms with E-state index in [1.807, 2.05) is 32.0 Å². The first-order chi connectivity index (χ1) is 16.3. The van der Waals surface area contributed by atoms with Gasteiger partial charge in [-0.15, -0.1) is 0 Å². The van der Waals surface area contributed by atoms with Crippen LogP contribution in [-0.4, -0.2) is 35.7 Å². The third-order valence-corrected chi connectivity index (χ3v) is 5.82. The second-order valence-electron chi connectivity index (χ2n) is 7.77. The number of hydrogen-bond acceptors (Lipinski definition) is 8. The third kappa shape index (κ3) is 4.40. The van der Waals surface area contributed by atoms with E-state index >= 15 is 0 Å². The maximum Gasteiger partial charge on any atom is 0.296 e. The van der Waals surface area contributed by atoms with Gasteiger partial charge in [-0.05, 0) is 18.6 Å². The van der Waals surface area contributed by atoms with Crippen LogP contribution in [0.15, 0.2) is 58.4 Å². The highest BCUT2D eigenvalue weighted by atomic mass is 35.5. The van der Waals surface area contributed by atoms with Crippen molar-refractivity contribution in [1.29, 1.82) is 0 Å². The zero-order valence-corrected chi connectivity index (χ0v) is 19.3. The van der Waals surface area contributed by atoms with Gasteiger partial charge in [0.2, 0.25) is 5.75 Å². The summed E-state index contributed by atoms with van der Waals surface area (Å²) in [6, 6.07) is 7.29. The van der Waals surface area contributed by atoms with Crippen molar-refractivity contribution in [2.75, 3.05) is 5.32 Å². The molecule has 0 fully saturated rings. The summed E-state index contributed by atoms with van der Waals surface area (Å²) in [6.07, 6.45) is 5.79. The molecule has 0 saturated carbocycles. The van der Waals surface area contributed by atoms with Gasteiger partial charge in [0.25, 0.3) is 11.5 Å². The standard InChI is InChI=1S/C23H21ClN6O4/c1-12-8-26-17(10-25-12)18(15-6-4-5-7-16(15)24)13(2)21-29-19(20(31)23(33)30(21)3)22(32)28-14-9-27-34-11-14/h4-11,13,18,31H,1-3H3,(H,28,32)/t13-,18-/m0/s1. The van der Waals surface area contributed by atoms with Crippen LogP contribution in [0.3, 0.4) is 0 Å². The Morgan fingerprint density at radius 1 is 1.21 bits per heavy atom. The normalized spacial score (nSPS) is 12.8. The number of aryl methyl sites for hydroxylation is 1. The van der Waals surface area contributed by atoms with E-state index < -0.39 is 34.7 Å². The van der Waals surface area contributed by atoms with E-state index in [9.17, 15) is 14.7 Å². The minimum Gasteiger partial charge on any atom is -0.501 e. The Morgan fingerprint density at radius 2 is 1.97 bits per heavy atom. The molecule has 34 heavy (non-hydrogen) atoms. The van der Waals surface area contributed by atoms with Gasteiger partial charge in [0.15, 0.2) is 5.69 Å². The molecule has 0 radical (unpaired) electrons. The van der Waals surface area contributed by atoms with Crippen LogP contribution in [0.1, 0.15) is 52.0 Å². The van der Waals surface area contributed by atoms with Crippen molar-refractivity contribution in [3.05, 3.63) is 93.0 Å². The van der Waals surface area contributed by atoms with Gasteiger partial charge in [-0.2, -0.15) is 0 Å². The molecule has 0 aliphatic carbocycles. The van der Waals surface area contributed by atoms with E-state index in [0.717, 1.165) is 11.3 Å². The van der Waals surface area contributed by atoms with E-state index in [4.69, 9.17) is 16.1 Å². The van der Waals surface area contributed by atoms with Gasteiger partial charge in [0, 0.05) is 36.3 Å². The molecule has 2 N–H and O–H groups in total. The van der Waals surface area contributed by atoms with Crippen LogP contribution in [0.2, 0.25) is 5.02 Å². The quantitative estimate of drug-likeness (QED) is 0.428. The molecule has 0 spiro atoms. The molecule has 3 heterocycles. The van der Waals surface area contributed by atoms with Gasteiger partial charge in [-0.3, -0.25) is 24.1 Å². The van der Waals surface area contributed by atoms with Crippen molar-refractivity contribution >= 4 is 23.2 Å². The maximum atomic E-state index is 12.8. The summed E-state index contributed by atoms with van der Waals surface area (Å²) >= 11 is 6.53. The Bertz CT molecular complexity index is 1390. The molecule has 3 aromatic heterocycles. The van der Waals surface area contributed by atoms with Crippen LogP contribution < -0.4 is 10.9 Å². The lowest BCUT2D eigenvalue weighted by molar-refractivity contribution is 0.101. The van der Waals surface area contributed by atoms with Crippen molar-refractivity contribution in [2.45, 2.75) is 25.7 Å². The molecular weight excluding hydrogens is 460 g/mol. The van der Waals surface area contributed by atoms with E-state index in [2.05, 4.69) is 25.4 Å². The van der Waals surface area contributed by atoms with E-state index in [1.54, 1.807) is 18.5 Å². The topological polar surface area (TPSA) is 136 Å². The Kier molecular flexibility index (Phi) is 6.42. The fourth-order valence-electron chi connectivity index (χ4n) is 3.75. The lowest BCUT2D eigenvalue weighted by Gasteiger charge is -2.26. The predicted molar refractivity (Wildman–Crippen MR) is 124 cm³/mol. The Morgan fingerprint density at radius 3 is 2.62 bits per heavy atom. The van der Waals surface area contributed by atoms with Gasteiger partial charge in [-0.1, -0.05) is 41.9 Å². The molecule has 0 unspecified atom stereocenters. The predicted octanol–water partition coefficient (Wildman–Crippen LogP) is 3.41. The van der Waals surface area contributed by atoms with E-state index in [-0.39, 0.29) is 11.5 Å². The van der Waals surface area contributed by atoms with E-state index in [1.165, 1.54) is 24.1 Å². The molecule has 0 aliphatic rings. The van der Waals surface area contributed by atoms with Crippen molar-refractivity contribution in [3.8, 4) is 5.75 Å². The Labute approximate surface area is 199 Å². The number of anilines is 1. The molecule has 11 heteroatoms. The molecule has 10 nitrogen and oxygen atoms in total. The molecule has 1 amide bonds. The molecule has 2 atom stereocenters. The Balaban J connectivity index is 1.84. The number of hydrogen-bond donors (Lipinski definition) is 2. The lowest BCUT2D eigenvalue weighted by atomic mass is 9.84. The number of amides is 1. The van der Waals surface area contributed by atoms with Crippen molar-refractivity contribution < 1.29 is 14.4 Å². The lowest BCUT2D eigenvalue weighted by Crippen LogP contribution is -2.29. The highest BCUT2D eigenvalue weighted by Crippen LogP contribution is 2.39. The van der Waals surface area contributed by atoms with Crippen LogP contribution in [0.5, 0.6) is 5.75 Å². The molecule has 4 rings (SSSR count). The number of benzene rings is 1. The largest absolute Gasteiger partial charge is 0.501 e. The fourth-order valence-corrected chi connectivity index (χ4v) is 4.01. The zero-order valence-electron chi connectivity index (χ0n) is 18.6. The third-order valence-electron chi connectivity index (χ3n) is 5.47. The van der Waals surface area contributed by atoms with Crippen LogP contribution in [0, 0.1) is 6.92 Å². The molecule has 0 bridgehead atoms.